The van der Waals surface area contributed by atoms with Crippen LogP contribution in [0.2, 0.25) is 0 Å². The molecule has 1 aromatic heterocycles. The Bertz CT molecular complexity index is 1330. The van der Waals surface area contributed by atoms with Crippen molar-refractivity contribution in [2.75, 3.05) is 17.3 Å². The van der Waals surface area contributed by atoms with Crippen LogP contribution in [-0.4, -0.2) is 29.8 Å². The number of imide groups is 1. The summed E-state index contributed by atoms with van der Waals surface area (Å²) in [6.07, 6.45) is 0. The van der Waals surface area contributed by atoms with Crippen LogP contribution in [0, 0.1) is 0 Å². The van der Waals surface area contributed by atoms with E-state index in [0.29, 0.717) is 38.3 Å². The van der Waals surface area contributed by atoms with Gasteiger partial charge in [0.2, 0.25) is 5.13 Å². The van der Waals surface area contributed by atoms with E-state index in [1.165, 1.54) is 11.3 Å². The normalized spacial score (nSPS) is 12.9. The molecule has 1 N–H and O–H groups in total. The van der Waals surface area contributed by atoms with Crippen molar-refractivity contribution in [2.24, 2.45) is 0 Å². The number of hydrogen-bond donors (Lipinski definition) is 1. The summed E-state index contributed by atoms with van der Waals surface area (Å²) < 4.78 is 5.82. The fourth-order valence-corrected chi connectivity index (χ4v) is 4.39. The van der Waals surface area contributed by atoms with Gasteiger partial charge in [0, 0.05) is 11.3 Å². The Morgan fingerprint density at radius 1 is 0.968 bits per heavy atom. The van der Waals surface area contributed by atoms with E-state index in [2.05, 4.69) is 10.3 Å². The van der Waals surface area contributed by atoms with E-state index in [1.54, 1.807) is 73.8 Å². The fourth-order valence-electron chi connectivity index (χ4n) is 3.39. The highest BCUT2D eigenvalue weighted by molar-refractivity contribution is 7.22. The van der Waals surface area contributed by atoms with Crippen molar-refractivity contribution in [2.45, 2.75) is 0 Å². The van der Waals surface area contributed by atoms with Gasteiger partial charge in [0.05, 0.1) is 28.5 Å². The molecule has 0 radical (unpaired) electrons. The lowest BCUT2D eigenvalue weighted by molar-refractivity contribution is 0.0925. The van der Waals surface area contributed by atoms with Crippen LogP contribution in [-0.2, 0) is 0 Å². The predicted octanol–water partition coefficient (Wildman–Crippen LogP) is 4.36. The van der Waals surface area contributed by atoms with Crippen molar-refractivity contribution < 1.29 is 19.1 Å². The van der Waals surface area contributed by atoms with Crippen molar-refractivity contribution in [3.05, 3.63) is 83.4 Å². The number of methoxy groups -OCH3 is 1. The second kappa shape index (κ2) is 7.33. The molecule has 0 unspecified atom stereocenters. The maximum Gasteiger partial charge on any atom is 0.268 e. The molecule has 3 amide bonds. The minimum absolute atomic E-state index is 0.275. The maximum atomic E-state index is 12.7. The molecule has 7 nitrogen and oxygen atoms in total. The van der Waals surface area contributed by atoms with E-state index in [4.69, 9.17) is 4.74 Å². The van der Waals surface area contributed by atoms with Crippen molar-refractivity contribution >= 4 is 50.1 Å². The highest BCUT2D eigenvalue weighted by Gasteiger charge is 2.38. The van der Waals surface area contributed by atoms with Gasteiger partial charge in [-0.1, -0.05) is 23.5 Å². The molecule has 0 saturated carbocycles. The van der Waals surface area contributed by atoms with E-state index >= 15 is 0 Å². The molecule has 0 saturated heterocycles. The molecule has 0 atom stereocenters. The summed E-state index contributed by atoms with van der Waals surface area (Å²) in [5.41, 5.74) is 2.43. The highest BCUT2D eigenvalue weighted by atomic mass is 32.1. The van der Waals surface area contributed by atoms with Crippen molar-refractivity contribution in [1.82, 2.24) is 4.98 Å². The molecule has 31 heavy (non-hydrogen) atoms. The van der Waals surface area contributed by atoms with Crippen LogP contribution < -0.4 is 15.0 Å². The zero-order chi connectivity index (χ0) is 21.5. The number of fused-ring (bicyclic) bond motifs is 2. The van der Waals surface area contributed by atoms with E-state index in [9.17, 15) is 14.4 Å². The van der Waals surface area contributed by atoms with Crippen LogP contribution in [0.3, 0.4) is 0 Å². The molecule has 0 spiro atoms. The smallest absolute Gasteiger partial charge is 0.268 e. The monoisotopic (exact) mass is 429 g/mol. The zero-order valence-corrected chi connectivity index (χ0v) is 17.1. The molecule has 1 aliphatic rings. The quantitative estimate of drug-likeness (QED) is 0.487. The number of amides is 3. The van der Waals surface area contributed by atoms with Crippen LogP contribution in [0.15, 0.2) is 66.7 Å². The van der Waals surface area contributed by atoms with Gasteiger partial charge in [-0.05, 0) is 54.6 Å². The number of nitrogens with one attached hydrogen (secondary N) is 1. The first-order chi connectivity index (χ1) is 15.0. The number of hydrogen-bond acceptors (Lipinski definition) is 6. The van der Waals surface area contributed by atoms with Gasteiger partial charge in [0.1, 0.15) is 5.75 Å². The molecule has 3 aromatic carbocycles. The van der Waals surface area contributed by atoms with Gasteiger partial charge in [-0.2, -0.15) is 0 Å². The van der Waals surface area contributed by atoms with Crippen molar-refractivity contribution in [1.29, 1.82) is 0 Å². The maximum absolute atomic E-state index is 12.7. The van der Waals surface area contributed by atoms with Crippen LogP contribution in [0.1, 0.15) is 31.1 Å². The Kier molecular flexibility index (Phi) is 4.48. The molecule has 0 fully saturated rings. The van der Waals surface area contributed by atoms with Crippen LogP contribution in [0.25, 0.3) is 10.2 Å². The van der Waals surface area contributed by atoms with E-state index in [-0.39, 0.29) is 11.0 Å². The number of carbonyl (C=O) groups is 3. The van der Waals surface area contributed by atoms with Crippen molar-refractivity contribution in [3.63, 3.8) is 0 Å². The Morgan fingerprint density at radius 2 is 1.65 bits per heavy atom. The largest absolute Gasteiger partial charge is 0.497 e. The van der Waals surface area contributed by atoms with Crippen LogP contribution in [0.4, 0.5) is 10.8 Å². The molecule has 4 aromatic rings. The first-order valence-corrected chi connectivity index (χ1v) is 10.2. The Morgan fingerprint density at radius 3 is 2.29 bits per heavy atom. The first kappa shape index (κ1) is 19.0. The molecule has 152 valence electrons. The van der Waals surface area contributed by atoms with E-state index in [0.717, 1.165) is 4.90 Å². The number of ether oxygens (including phenoxy) is 1. The lowest BCUT2D eigenvalue weighted by Gasteiger charge is -2.08. The molecular weight excluding hydrogens is 414 g/mol. The standard InChI is InChI=1S/C23H15N3O4S/c1-30-15-9-7-14(8-10-15)24-20(27)13-6-11-18-19(12-13)31-23(25-18)26-21(28)16-4-2-3-5-17(16)22(26)29/h2-12H,1H3,(H,24,27). The topological polar surface area (TPSA) is 88.6 Å². The Labute approximate surface area is 180 Å². The number of nitrogens with zero attached hydrogens (tertiary/aromatic N) is 2. The fraction of sp³-hybridized carbons (Fsp3) is 0.0435. The SMILES string of the molecule is COc1ccc(NC(=O)c2ccc3nc(N4C(=O)c5ccccc5C4=O)sc3c2)cc1. The van der Waals surface area contributed by atoms with E-state index in [1.807, 2.05) is 0 Å². The van der Waals surface area contributed by atoms with Gasteiger partial charge in [0.15, 0.2) is 0 Å². The number of aromatic nitrogens is 1. The molecule has 8 heteroatoms. The van der Waals surface area contributed by atoms with Crippen LogP contribution in [0.5, 0.6) is 5.75 Å². The summed E-state index contributed by atoms with van der Waals surface area (Å²) in [5.74, 6) is -0.359. The Balaban J connectivity index is 1.42. The molecule has 0 bridgehead atoms. The molecular formula is C23H15N3O4S. The highest BCUT2D eigenvalue weighted by Crippen LogP contribution is 2.34. The minimum Gasteiger partial charge on any atom is -0.497 e. The molecule has 1 aliphatic heterocycles. The van der Waals surface area contributed by atoms with Gasteiger partial charge < -0.3 is 10.1 Å². The molecule has 2 heterocycles. The summed E-state index contributed by atoms with van der Waals surface area (Å²) in [7, 11) is 1.58. The third-order valence-corrected chi connectivity index (χ3v) is 5.98. The third kappa shape index (κ3) is 3.23. The number of rotatable bonds is 4. The molecule has 0 aliphatic carbocycles. The lowest BCUT2D eigenvalue weighted by Crippen LogP contribution is -2.29. The van der Waals surface area contributed by atoms with Gasteiger partial charge in [-0.3, -0.25) is 14.4 Å². The Hall–Kier alpha value is -4.04. The molecule has 5 rings (SSSR count). The average molecular weight is 429 g/mol. The number of carbonyl (C=O) groups excluding carboxylic acids is 3. The van der Waals surface area contributed by atoms with Gasteiger partial charge in [0.25, 0.3) is 17.7 Å². The average Bonchev–Trinajstić information content (AvgIpc) is 3.32. The summed E-state index contributed by atoms with van der Waals surface area (Å²) >= 11 is 1.19. The summed E-state index contributed by atoms with van der Waals surface area (Å²) in [6, 6.07) is 18.8. The van der Waals surface area contributed by atoms with E-state index < -0.39 is 11.8 Å². The van der Waals surface area contributed by atoms with Gasteiger partial charge in [-0.25, -0.2) is 9.88 Å². The number of thiazole rings is 1. The van der Waals surface area contributed by atoms with Crippen molar-refractivity contribution in [3.8, 4) is 5.75 Å². The second-order valence-corrected chi connectivity index (χ2v) is 7.86. The van der Waals surface area contributed by atoms with Gasteiger partial charge in [-0.15, -0.1) is 0 Å². The summed E-state index contributed by atoms with van der Waals surface area (Å²) in [4.78, 5) is 43.6. The first-order valence-electron chi connectivity index (χ1n) is 9.39. The van der Waals surface area contributed by atoms with Crippen LogP contribution >= 0.6 is 11.3 Å². The summed E-state index contributed by atoms with van der Waals surface area (Å²) in [5, 5.41) is 3.12. The minimum atomic E-state index is -0.392. The van der Waals surface area contributed by atoms with Gasteiger partial charge >= 0.3 is 0 Å². The second-order valence-electron chi connectivity index (χ2n) is 6.85. The lowest BCUT2D eigenvalue weighted by atomic mass is 10.1. The third-order valence-electron chi connectivity index (χ3n) is 4.97. The predicted molar refractivity (Wildman–Crippen MR) is 118 cm³/mol. The number of anilines is 2. The number of benzene rings is 3. The zero-order valence-electron chi connectivity index (χ0n) is 16.3. The summed E-state index contributed by atoms with van der Waals surface area (Å²) in [6.45, 7) is 0.